The van der Waals surface area contributed by atoms with Crippen LogP contribution in [0.3, 0.4) is 0 Å². The Hall–Kier alpha value is -0.570. The van der Waals surface area contributed by atoms with Gasteiger partial charge in [-0.25, -0.2) is 0 Å². The molecule has 2 atom stereocenters. The minimum atomic E-state index is -0.130. The fraction of sp³-hybridized carbons (Fsp3) is 0.875. The van der Waals surface area contributed by atoms with Crippen molar-refractivity contribution in [3.8, 4) is 0 Å². The highest BCUT2D eigenvalue weighted by atomic mass is 16.5. The Balaban J connectivity index is 2.15. The molecule has 2 aliphatic rings. The summed E-state index contributed by atoms with van der Waals surface area (Å²) in [4.78, 5) is 11.3. The van der Waals surface area contributed by atoms with E-state index in [0.717, 1.165) is 19.5 Å². The Morgan fingerprint density at radius 2 is 2.55 bits per heavy atom. The molecular weight excluding hydrogens is 142 g/mol. The maximum Gasteiger partial charge on any atom is 0.313 e. The molecule has 3 nitrogen and oxygen atoms in total. The van der Waals surface area contributed by atoms with Crippen LogP contribution in [0.2, 0.25) is 0 Å². The van der Waals surface area contributed by atoms with Crippen molar-refractivity contribution in [2.24, 2.45) is 11.3 Å². The van der Waals surface area contributed by atoms with Crippen LogP contribution in [0.4, 0.5) is 0 Å². The van der Waals surface area contributed by atoms with E-state index in [-0.39, 0.29) is 11.4 Å². The zero-order chi connectivity index (χ0) is 7.90. The van der Waals surface area contributed by atoms with Crippen molar-refractivity contribution in [1.29, 1.82) is 0 Å². The maximum absolute atomic E-state index is 11.3. The van der Waals surface area contributed by atoms with Crippen molar-refractivity contribution in [3.05, 3.63) is 0 Å². The molecule has 0 aromatic rings. The Kier molecular flexibility index (Phi) is 1.42. The number of carbonyl (C=O) groups excluding carboxylic acids is 1. The zero-order valence-electron chi connectivity index (χ0n) is 6.72. The predicted molar refractivity (Wildman–Crippen MR) is 40.0 cm³/mol. The van der Waals surface area contributed by atoms with Gasteiger partial charge in [0.1, 0.15) is 0 Å². The van der Waals surface area contributed by atoms with E-state index in [1.165, 1.54) is 13.5 Å². The molecule has 0 amide bonds. The maximum atomic E-state index is 11.3. The van der Waals surface area contributed by atoms with Gasteiger partial charge >= 0.3 is 5.97 Å². The Morgan fingerprint density at radius 1 is 1.73 bits per heavy atom. The first-order valence-corrected chi connectivity index (χ1v) is 4.09. The van der Waals surface area contributed by atoms with Gasteiger partial charge in [0.05, 0.1) is 12.5 Å². The van der Waals surface area contributed by atoms with E-state index >= 15 is 0 Å². The molecule has 2 rings (SSSR count). The van der Waals surface area contributed by atoms with Gasteiger partial charge in [0, 0.05) is 6.54 Å². The van der Waals surface area contributed by atoms with Crippen LogP contribution in [0.5, 0.6) is 0 Å². The molecule has 1 saturated carbocycles. The topological polar surface area (TPSA) is 38.3 Å². The average Bonchev–Trinajstić information content (AvgIpc) is 2.27. The molecule has 0 radical (unpaired) electrons. The minimum absolute atomic E-state index is 0.0150. The van der Waals surface area contributed by atoms with Gasteiger partial charge in [-0.3, -0.25) is 4.79 Å². The second kappa shape index (κ2) is 2.21. The summed E-state index contributed by atoms with van der Waals surface area (Å²) in [6, 6.07) is 0. The second-order valence-electron chi connectivity index (χ2n) is 3.51. The van der Waals surface area contributed by atoms with Gasteiger partial charge < -0.3 is 10.1 Å². The molecule has 0 unspecified atom stereocenters. The lowest BCUT2D eigenvalue weighted by Gasteiger charge is -2.40. The van der Waals surface area contributed by atoms with E-state index in [2.05, 4.69) is 5.32 Å². The number of hydrogen-bond acceptors (Lipinski definition) is 3. The highest BCUT2D eigenvalue weighted by Crippen LogP contribution is 2.49. The molecule has 3 heteroatoms. The summed E-state index contributed by atoms with van der Waals surface area (Å²) in [5, 5.41) is 3.24. The van der Waals surface area contributed by atoms with Crippen molar-refractivity contribution in [2.75, 3.05) is 20.2 Å². The van der Waals surface area contributed by atoms with E-state index in [4.69, 9.17) is 4.74 Å². The fourth-order valence-corrected chi connectivity index (χ4v) is 2.24. The number of methoxy groups -OCH3 is 1. The largest absolute Gasteiger partial charge is 0.469 e. The lowest BCUT2D eigenvalue weighted by molar-refractivity contribution is -0.160. The van der Waals surface area contributed by atoms with Gasteiger partial charge in [-0.2, -0.15) is 0 Å². The third-order valence-corrected chi connectivity index (χ3v) is 3.14. The van der Waals surface area contributed by atoms with E-state index in [1.54, 1.807) is 0 Å². The van der Waals surface area contributed by atoms with Gasteiger partial charge in [0.2, 0.25) is 0 Å². The van der Waals surface area contributed by atoms with Crippen LogP contribution in [0.1, 0.15) is 12.8 Å². The first kappa shape index (κ1) is 7.10. The SMILES string of the molecule is COC(=O)[C@@]12CC[C@@H]1CNC2. The molecule has 0 spiro atoms. The summed E-state index contributed by atoms with van der Waals surface area (Å²) in [6.07, 6.45) is 2.19. The number of fused-ring (bicyclic) bond motifs is 1. The highest BCUT2D eigenvalue weighted by molar-refractivity contribution is 5.79. The van der Waals surface area contributed by atoms with Crippen LogP contribution in [0.15, 0.2) is 0 Å². The predicted octanol–water partition coefficient (Wildman–Crippen LogP) is 0.159. The van der Waals surface area contributed by atoms with Crippen molar-refractivity contribution in [3.63, 3.8) is 0 Å². The van der Waals surface area contributed by atoms with Crippen molar-refractivity contribution < 1.29 is 9.53 Å². The van der Waals surface area contributed by atoms with Crippen LogP contribution in [-0.4, -0.2) is 26.2 Å². The molecule has 2 fully saturated rings. The normalized spacial score (nSPS) is 41.0. The molecule has 1 aliphatic carbocycles. The molecule has 0 bridgehead atoms. The van der Waals surface area contributed by atoms with E-state index < -0.39 is 0 Å². The van der Waals surface area contributed by atoms with Gasteiger partial charge in [-0.1, -0.05) is 0 Å². The molecule has 0 aromatic heterocycles. The molecular formula is C8H13NO2. The summed E-state index contributed by atoms with van der Waals surface area (Å²) in [7, 11) is 1.48. The van der Waals surface area contributed by atoms with E-state index in [0.29, 0.717) is 5.92 Å². The fourth-order valence-electron chi connectivity index (χ4n) is 2.24. The summed E-state index contributed by atoms with van der Waals surface area (Å²) in [5.41, 5.74) is -0.130. The van der Waals surface area contributed by atoms with Gasteiger partial charge in [-0.15, -0.1) is 0 Å². The molecule has 1 heterocycles. The smallest absolute Gasteiger partial charge is 0.313 e. The number of ether oxygens (including phenoxy) is 1. The van der Waals surface area contributed by atoms with Crippen molar-refractivity contribution in [1.82, 2.24) is 5.32 Å². The molecule has 1 saturated heterocycles. The van der Waals surface area contributed by atoms with Crippen LogP contribution in [0, 0.1) is 11.3 Å². The lowest BCUT2D eigenvalue weighted by Crippen LogP contribution is -2.46. The summed E-state index contributed by atoms with van der Waals surface area (Å²) < 4.78 is 4.78. The quantitative estimate of drug-likeness (QED) is 0.548. The molecule has 11 heavy (non-hydrogen) atoms. The Morgan fingerprint density at radius 3 is 3.00 bits per heavy atom. The number of hydrogen-bond donors (Lipinski definition) is 1. The van der Waals surface area contributed by atoms with Crippen LogP contribution >= 0.6 is 0 Å². The number of rotatable bonds is 1. The van der Waals surface area contributed by atoms with E-state index in [9.17, 15) is 4.79 Å². The minimum Gasteiger partial charge on any atom is -0.469 e. The monoisotopic (exact) mass is 155 g/mol. The van der Waals surface area contributed by atoms with Crippen molar-refractivity contribution in [2.45, 2.75) is 12.8 Å². The first-order chi connectivity index (χ1) is 5.29. The average molecular weight is 155 g/mol. The van der Waals surface area contributed by atoms with Gasteiger partial charge in [-0.05, 0) is 25.3 Å². The number of esters is 1. The van der Waals surface area contributed by atoms with Crippen molar-refractivity contribution >= 4 is 5.97 Å². The van der Waals surface area contributed by atoms with Crippen LogP contribution in [0.25, 0.3) is 0 Å². The van der Waals surface area contributed by atoms with Gasteiger partial charge in [0.15, 0.2) is 0 Å². The molecule has 1 N–H and O–H groups in total. The summed E-state index contributed by atoms with van der Waals surface area (Å²) in [6.45, 7) is 1.82. The summed E-state index contributed by atoms with van der Waals surface area (Å²) in [5.74, 6) is 0.536. The lowest BCUT2D eigenvalue weighted by atomic mass is 9.62. The number of nitrogens with one attached hydrogen (secondary N) is 1. The molecule has 1 aliphatic heterocycles. The standard InChI is InChI=1S/C8H13NO2/c1-11-7(10)8-3-2-6(8)4-9-5-8/h6,9H,2-5H2,1H3/t6-,8-/m1/s1. The first-order valence-electron chi connectivity index (χ1n) is 4.09. The number of carbonyl (C=O) groups is 1. The molecule has 62 valence electrons. The Labute approximate surface area is 66.1 Å². The van der Waals surface area contributed by atoms with E-state index in [1.807, 2.05) is 0 Å². The zero-order valence-corrected chi connectivity index (χ0v) is 6.72. The van der Waals surface area contributed by atoms with Crippen LogP contribution < -0.4 is 5.32 Å². The van der Waals surface area contributed by atoms with Crippen LogP contribution in [-0.2, 0) is 9.53 Å². The third-order valence-electron chi connectivity index (χ3n) is 3.14. The highest BCUT2D eigenvalue weighted by Gasteiger charge is 2.56. The summed E-state index contributed by atoms with van der Waals surface area (Å²) >= 11 is 0. The second-order valence-corrected chi connectivity index (χ2v) is 3.51. The third kappa shape index (κ3) is 0.745. The Bertz CT molecular complexity index is 193. The van der Waals surface area contributed by atoms with Gasteiger partial charge in [0.25, 0.3) is 0 Å². The molecule has 0 aromatic carbocycles.